The Bertz CT molecular complexity index is 693. The van der Waals surface area contributed by atoms with Gasteiger partial charge in [0.2, 0.25) is 0 Å². The summed E-state index contributed by atoms with van der Waals surface area (Å²) in [7, 11) is 0. The Morgan fingerprint density at radius 3 is 2.00 bits per heavy atom. The SMILES string of the molecule is O=C(O)c1cc(F)c(-c2cc(Cl)c(Cl)c(Cl)c2)cc1Cl. The smallest absolute Gasteiger partial charge is 0.337 e. The average molecular weight is 354 g/mol. The van der Waals surface area contributed by atoms with E-state index in [1.807, 2.05) is 0 Å². The van der Waals surface area contributed by atoms with Crippen LogP contribution in [-0.4, -0.2) is 11.1 Å². The van der Waals surface area contributed by atoms with E-state index in [1.165, 1.54) is 18.2 Å². The van der Waals surface area contributed by atoms with Gasteiger partial charge in [-0.1, -0.05) is 46.4 Å². The lowest BCUT2D eigenvalue weighted by Crippen LogP contribution is -1.99. The lowest BCUT2D eigenvalue weighted by molar-refractivity contribution is 0.0696. The second-order valence-corrected chi connectivity index (χ2v) is 5.47. The van der Waals surface area contributed by atoms with Gasteiger partial charge in [0.15, 0.2) is 0 Å². The third-order valence-electron chi connectivity index (χ3n) is 2.58. The van der Waals surface area contributed by atoms with Crippen molar-refractivity contribution in [1.29, 1.82) is 0 Å². The predicted octanol–water partition coefficient (Wildman–Crippen LogP) is 5.80. The number of hydrogen-bond acceptors (Lipinski definition) is 1. The second-order valence-electron chi connectivity index (χ2n) is 3.87. The molecule has 0 amide bonds. The Balaban J connectivity index is 2.65. The van der Waals surface area contributed by atoms with Crippen molar-refractivity contribution >= 4 is 52.4 Å². The van der Waals surface area contributed by atoms with Crippen molar-refractivity contribution in [2.24, 2.45) is 0 Å². The van der Waals surface area contributed by atoms with Gasteiger partial charge in [0, 0.05) is 5.56 Å². The van der Waals surface area contributed by atoms with Gasteiger partial charge < -0.3 is 5.11 Å². The third-order valence-corrected chi connectivity index (χ3v) is 4.09. The highest BCUT2D eigenvalue weighted by Gasteiger charge is 2.16. The summed E-state index contributed by atoms with van der Waals surface area (Å²) in [4.78, 5) is 10.9. The van der Waals surface area contributed by atoms with Crippen LogP contribution in [0.2, 0.25) is 20.1 Å². The molecule has 0 saturated carbocycles. The summed E-state index contributed by atoms with van der Waals surface area (Å²) >= 11 is 23.4. The summed E-state index contributed by atoms with van der Waals surface area (Å²) in [5.41, 5.74) is 0.111. The van der Waals surface area contributed by atoms with Crippen molar-refractivity contribution in [1.82, 2.24) is 0 Å². The van der Waals surface area contributed by atoms with Crippen molar-refractivity contribution in [3.05, 3.63) is 55.7 Å². The molecule has 2 aromatic rings. The molecule has 2 aromatic carbocycles. The summed E-state index contributed by atoms with van der Waals surface area (Å²) in [6.45, 7) is 0. The largest absolute Gasteiger partial charge is 0.478 e. The van der Waals surface area contributed by atoms with Crippen LogP contribution in [-0.2, 0) is 0 Å². The van der Waals surface area contributed by atoms with Crippen molar-refractivity contribution in [2.75, 3.05) is 0 Å². The van der Waals surface area contributed by atoms with Gasteiger partial charge in [-0.3, -0.25) is 0 Å². The highest BCUT2D eigenvalue weighted by molar-refractivity contribution is 6.48. The minimum atomic E-state index is -1.31. The summed E-state index contributed by atoms with van der Waals surface area (Å²) in [5, 5.41) is 9.26. The molecular weight excluding hydrogens is 349 g/mol. The van der Waals surface area contributed by atoms with E-state index in [-0.39, 0.29) is 31.2 Å². The minimum Gasteiger partial charge on any atom is -0.478 e. The van der Waals surface area contributed by atoms with E-state index in [4.69, 9.17) is 51.5 Å². The minimum absolute atomic E-state index is 0.0838. The Morgan fingerprint density at radius 2 is 1.50 bits per heavy atom. The van der Waals surface area contributed by atoms with Crippen LogP contribution in [0.25, 0.3) is 11.1 Å². The lowest BCUT2D eigenvalue weighted by Gasteiger charge is -2.09. The number of hydrogen-bond donors (Lipinski definition) is 1. The van der Waals surface area contributed by atoms with E-state index in [1.54, 1.807) is 0 Å². The molecule has 0 spiro atoms. The highest BCUT2D eigenvalue weighted by atomic mass is 35.5. The van der Waals surface area contributed by atoms with Gasteiger partial charge >= 0.3 is 5.97 Å². The van der Waals surface area contributed by atoms with E-state index < -0.39 is 11.8 Å². The molecule has 20 heavy (non-hydrogen) atoms. The molecular formula is C13H5Cl4FO2. The average Bonchev–Trinajstić information content (AvgIpc) is 2.37. The van der Waals surface area contributed by atoms with Crippen LogP contribution >= 0.6 is 46.4 Å². The number of carboxylic acid groups (broad SMARTS) is 1. The van der Waals surface area contributed by atoms with Gasteiger partial charge in [0.1, 0.15) is 5.82 Å². The van der Waals surface area contributed by atoms with Crippen molar-refractivity contribution in [3.63, 3.8) is 0 Å². The normalized spacial score (nSPS) is 10.7. The molecule has 0 aliphatic heterocycles. The fourth-order valence-electron chi connectivity index (χ4n) is 1.64. The first-order valence-electron chi connectivity index (χ1n) is 5.18. The summed E-state index contributed by atoms with van der Waals surface area (Å²) in [5.74, 6) is -2.06. The number of benzene rings is 2. The summed E-state index contributed by atoms with van der Waals surface area (Å²) in [6, 6.07) is 4.89. The van der Waals surface area contributed by atoms with E-state index in [2.05, 4.69) is 0 Å². The molecule has 0 fully saturated rings. The zero-order valence-corrected chi connectivity index (χ0v) is 12.6. The Kier molecular flexibility index (Phi) is 4.45. The van der Waals surface area contributed by atoms with Gasteiger partial charge in [-0.25, -0.2) is 9.18 Å². The molecule has 7 heteroatoms. The van der Waals surface area contributed by atoms with Gasteiger partial charge in [-0.15, -0.1) is 0 Å². The molecule has 0 radical (unpaired) electrons. The first-order chi connectivity index (χ1) is 9.31. The molecule has 0 aromatic heterocycles. The molecule has 2 rings (SSSR count). The standard InChI is InChI=1S/C13H5Cl4FO2/c14-8-3-6(11(18)4-7(8)13(19)20)5-1-9(15)12(17)10(16)2-5/h1-4H,(H,19,20). The third kappa shape index (κ3) is 2.86. The maximum atomic E-state index is 14.0. The molecule has 0 saturated heterocycles. The van der Waals surface area contributed by atoms with E-state index in [0.717, 1.165) is 6.07 Å². The van der Waals surface area contributed by atoms with Gasteiger partial charge in [-0.2, -0.15) is 0 Å². The molecule has 0 heterocycles. The Hall–Kier alpha value is -1.000. The molecule has 2 nitrogen and oxygen atoms in total. The lowest BCUT2D eigenvalue weighted by atomic mass is 10.0. The van der Waals surface area contributed by atoms with E-state index >= 15 is 0 Å². The van der Waals surface area contributed by atoms with E-state index in [9.17, 15) is 9.18 Å². The topological polar surface area (TPSA) is 37.3 Å². The molecule has 104 valence electrons. The monoisotopic (exact) mass is 352 g/mol. The zero-order chi connectivity index (χ0) is 15.0. The fraction of sp³-hybridized carbons (Fsp3) is 0. The zero-order valence-electron chi connectivity index (χ0n) is 9.55. The van der Waals surface area contributed by atoms with Crippen LogP contribution in [0.1, 0.15) is 10.4 Å². The summed E-state index contributed by atoms with van der Waals surface area (Å²) in [6.07, 6.45) is 0. The molecule has 0 aliphatic rings. The fourth-order valence-corrected chi connectivity index (χ4v) is 2.48. The maximum Gasteiger partial charge on any atom is 0.337 e. The molecule has 0 unspecified atom stereocenters. The highest BCUT2D eigenvalue weighted by Crippen LogP contribution is 2.37. The molecule has 0 aliphatic carbocycles. The number of rotatable bonds is 2. The first kappa shape index (κ1) is 15.4. The van der Waals surface area contributed by atoms with Crippen molar-refractivity contribution in [3.8, 4) is 11.1 Å². The van der Waals surface area contributed by atoms with E-state index in [0.29, 0.717) is 5.56 Å². The van der Waals surface area contributed by atoms with Gasteiger partial charge in [0.05, 0.1) is 25.7 Å². The Morgan fingerprint density at radius 1 is 0.950 bits per heavy atom. The number of halogens is 5. The van der Waals surface area contributed by atoms with Crippen molar-refractivity contribution < 1.29 is 14.3 Å². The predicted molar refractivity (Wildman–Crippen MR) is 78.8 cm³/mol. The molecule has 0 bridgehead atoms. The van der Waals surface area contributed by atoms with Crippen molar-refractivity contribution in [2.45, 2.75) is 0 Å². The van der Waals surface area contributed by atoms with Gasteiger partial charge in [-0.05, 0) is 29.8 Å². The van der Waals surface area contributed by atoms with Crippen LogP contribution in [0.3, 0.4) is 0 Å². The maximum absolute atomic E-state index is 14.0. The van der Waals surface area contributed by atoms with Crippen LogP contribution in [0.4, 0.5) is 4.39 Å². The molecule has 1 N–H and O–H groups in total. The van der Waals surface area contributed by atoms with Crippen LogP contribution < -0.4 is 0 Å². The first-order valence-corrected chi connectivity index (χ1v) is 6.69. The Labute approximate surface area is 133 Å². The van der Waals surface area contributed by atoms with Crippen LogP contribution in [0.15, 0.2) is 24.3 Å². The molecule has 0 atom stereocenters. The van der Waals surface area contributed by atoms with Crippen LogP contribution in [0, 0.1) is 5.82 Å². The number of aromatic carboxylic acids is 1. The van der Waals surface area contributed by atoms with Crippen LogP contribution in [0.5, 0.6) is 0 Å². The quantitative estimate of drug-likeness (QED) is 0.692. The number of carboxylic acids is 1. The second kappa shape index (κ2) is 5.78. The number of carbonyl (C=O) groups is 1. The summed E-state index contributed by atoms with van der Waals surface area (Å²) < 4.78 is 14.0. The van der Waals surface area contributed by atoms with Gasteiger partial charge in [0.25, 0.3) is 0 Å².